The number of aromatic nitrogens is 2. The summed E-state index contributed by atoms with van der Waals surface area (Å²) in [4.78, 5) is 8.51. The van der Waals surface area contributed by atoms with Crippen LogP contribution in [0.25, 0.3) is 0 Å². The van der Waals surface area contributed by atoms with Crippen LogP contribution in [0.2, 0.25) is 0 Å². The monoisotopic (exact) mass is 335 g/mol. The number of nitrogens with zero attached hydrogens (tertiary/aromatic N) is 2. The van der Waals surface area contributed by atoms with Crippen molar-refractivity contribution in [3.05, 3.63) is 59.9 Å². The Labute approximate surface area is 147 Å². The van der Waals surface area contributed by atoms with Crippen molar-refractivity contribution in [1.29, 1.82) is 0 Å². The number of ether oxygens (including phenoxy) is 1. The fraction of sp³-hybridized carbons (Fsp3) is 0.158. The minimum Gasteiger partial charge on any atom is -0.495 e. The number of rotatable bonds is 5. The van der Waals surface area contributed by atoms with Crippen LogP contribution in [-0.2, 0) is 0 Å². The maximum Gasteiger partial charge on any atom is 0.159 e. The Morgan fingerprint density at radius 3 is 2.28 bits per heavy atom. The van der Waals surface area contributed by atoms with E-state index in [0.29, 0.717) is 23.1 Å². The molecule has 1 heterocycles. The molecular formula is C19H21N5O. The summed E-state index contributed by atoms with van der Waals surface area (Å²) in [5.74, 6) is 1.79. The highest BCUT2D eigenvalue weighted by Gasteiger charge is 2.11. The molecule has 25 heavy (non-hydrogen) atoms. The molecule has 0 amide bonds. The Morgan fingerprint density at radius 1 is 0.920 bits per heavy atom. The zero-order chi connectivity index (χ0) is 17.8. The van der Waals surface area contributed by atoms with E-state index in [2.05, 4.69) is 33.6 Å². The highest BCUT2D eigenvalue weighted by atomic mass is 16.5. The Kier molecular flexibility index (Phi) is 4.70. The summed E-state index contributed by atoms with van der Waals surface area (Å²) < 4.78 is 5.35. The first-order valence-electron chi connectivity index (χ1n) is 7.93. The molecule has 6 nitrogen and oxygen atoms in total. The Hall–Kier alpha value is -3.28. The van der Waals surface area contributed by atoms with E-state index in [1.165, 1.54) is 11.9 Å². The molecule has 0 saturated carbocycles. The first kappa shape index (κ1) is 16.6. The number of methoxy groups -OCH3 is 1. The molecule has 0 fully saturated rings. The maximum absolute atomic E-state index is 6.26. The minimum atomic E-state index is 0.438. The van der Waals surface area contributed by atoms with Gasteiger partial charge in [-0.15, -0.1) is 0 Å². The molecule has 0 aliphatic carbocycles. The van der Waals surface area contributed by atoms with E-state index in [1.54, 1.807) is 7.11 Å². The van der Waals surface area contributed by atoms with Gasteiger partial charge in [-0.2, -0.15) is 0 Å². The van der Waals surface area contributed by atoms with Crippen molar-refractivity contribution in [3.63, 3.8) is 0 Å². The average Bonchev–Trinajstić information content (AvgIpc) is 2.61. The summed E-state index contributed by atoms with van der Waals surface area (Å²) in [6.07, 6.45) is 1.47. The molecule has 1 aromatic heterocycles. The second-order valence-corrected chi connectivity index (χ2v) is 5.75. The lowest BCUT2D eigenvalue weighted by Gasteiger charge is -2.15. The number of nitrogen functional groups attached to an aromatic ring is 1. The van der Waals surface area contributed by atoms with Gasteiger partial charge < -0.3 is 21.1 Å². The molecule has 6 heteroatoms. The molecule has 0 aliphatic rings. The van der Waals surface area contributed by atoms with Crippen molar-refractivity contribution in [1.82, 2.24) is 9.97 Å². The molecule has 3 rings (SSSR count). The SMILES string of the molecule is COc1ccccc1Nc1ncnc(Nc2ccc(C)cc2C)c1N. The Morgan fingerprint density at radius 2 is 1.60 bits per heavy atom. The average molecular weight is 335 g/mol. The summed E-state index contributed by atoms with van der Waals surface area (Å²) in [6.45, 7) is 4.10. The van der Waals surface area contributed by atoms with Crippen LogP contribution in [0.3, 0.4) is 0 Å². The van der Waals surface area contributed by atoms with Crippen LogP contribution in [0.5, 0.6) is 5.75 Å². The molecule has 0 saturated heterocycles. The minimum absolute atomic E-state index is 0.438. The highest BCUT2D eigenvalue weighted by Crippen LogP contribution is 2.32. The first-order valence-corrected chi connectivity index (χ1v) is 7.93. The molecule has 128 valence electrons. The molecule has 3 aromatic rings. The zero-order valence-corrected chi connectivity index (χ0v) is 14.5. The molecule has 4 N–H and O–H groups in total. The normalized spacial score (nSPS) is 10.4. The number of hydrogen-bond donors (Lipinski definition) is 3. The lowest BCUT2D eigenvalue weighted by Crippen LogP contribution is -2.06. The fourth-order valence-electron chi connectivity index (χ4n) is 2.55. The molecular weight excluding hydrogens is 314 g/mol. The van der Waals surface area contributed by atoms with Gasteiger partial charge >= 0.3 is 0 Å². The fourth-order valence-corrected chi connectivity index (χ4v) is 2.55. The third-order valence-electron chi connectivity index (χ3n) is 3.88. The first-order chi connectivity index (χ1) is 12.1. The van der Waals surface area contributed by atoms with Crippen molar-refractivity contribution in [2.75, 3.05) is 23.5 Å². The van der Waals surface area contributed by atoms with Gasteiger partial charge in [0, 0.05) is 5.69 Å². The number of aryl methyl sites for hydroxylation is 2. The number of benzene rings is 2. The summed E-state index contributed by atoms with van der Waals surface area (Å²) >= 11 is 0. The van der Waals surface area contributed by atoms with Gasteiger partial charge in [-0.1, -0.05) is 29.8 Å². The predicted molar refractivity (Wildman–Crippen MR) is 102 cm³/mol. The van der Waals surface area contributed by atoms with Gasteiger partial charge in [-0.3, -0.25) is 0 Å². The van der Waals surface area contributed by atoms with Crippen molar-refractivity contribution in [3.8, 4) is 5.75 Å². The van der Waals surface area contributed by atoms with E-state index in [-0.39, 0.29) is 0 Å². The third kappa shape index (κ3) is 3.63. The Balaban J connectivity index is 1.89. The number of hydrogen-bond acceptors (Lipinski definition) is 6. The summed E-state index contributed by atoms with van der Waals surface area (Å²) in [5, 5.41) is 6.48. The van der Waals surface area contributed by atoms with Crippen LogP contribution in [0.15, 0.2) is 48.8 Å². The van der Waals surface area contributed by atoms with Crippen LogP contribution in [0.1, 0.15) is 11.1 Å². The molecule has 0 bridgehead atoms. The summed E-state index contributed by atoms with van der Waals surface area (Å²) in [7, 11) is 1.62. The van der Waals surface area contributed by atoms with Crippen LogP contribution in [0, 0.1) is 13.8 Å². The smallest absolute Gasteiger partial charge is 0.159 e. The molecule has 0 atom stereocenters. The highest BCUT2D eigenvalue weighted by molar-refractivity contribution is 5.81. The van der Waals surface area contributed by atoms with Crippen molar-refractivity contribution < 1.29 is 4.74 Å². The lowest BCUT2D eigenvalue weighted by molar-refractivity contribution is 0.417. The number of anilines is 5. The van der Waals surface area contributed by atoms with Gasteiger partial charge in [0.25, 0.3) is 0 Å². The van der Waals surface area contributed by atoms with Crippen LogP contribution in [0.4, 0.5) is 28.7 Å². The van der Waals surface area contributed by atoms with Gasteiger partial charge in [0.1, 0.15) is 17.8 Å². The van der Waals surface area contributed by atoms with E-state index >= 15 is 0 Å². The number of para-hydroxylation sites is 2. The van der Waals surface area contributed by atoms with Gasteiger partial charge in [-0.05, 0) is 37.6 Å². The van der Waals surface area contributed by atoms with E-state index < -0.39 is 0 Å². The predicted octanol–water partition coefficient (Wildman–Crippen LogP) is 4.17. The lowest BCUT2D eigenvalue weighted by atomic mass is 10.1. The van der Waals surface area contributed by atoms with Gasteiger partial charge in [0.2, 0.25) is 0 Å². The van der Waals surface area contributed by atoms with Gasteiger partial charge in [-0.25, -0.2) is 9.97 Å². The van der Waals surface area contributed by atoms with Gasteiger partial charge in [0.05, 0.1) is 12.8 Å². The number of nitrogens with one attached hydrogen (secondary N) is 2. The van der Waals surface area contributed by atoms with Crippen molar-refractivity contribution >= 4 is 28.7 Å². The Bertz CT molecular complexity index is 895. The molecule has 0 radical (unpaired) electrons. The van der Waals surface area contributed by atoms with E-state index in [9.17, 15) is 0 Å². The topological polar surface area (TPSA) is 85.1 Å². The molecule has 0 aliphatic heterocycles. The quantitative estimate of drug-likeness (QED) is 0.649. The largest absolute Gasteiger partial charge is 0.495 e. The third-order valence-corrected chi connectivity index (χ3v) is 3.88. The van der Waals surface area contributed by atoms with E-state index in [1.807, 2.05) is 43.3 Å². The van der Waals surface area contributed by atoms with Crippen molar-refractivity contribution in [2.24, 2.45) is 0 Å². The maximum atomic E-state index is 6.26. The van der Waals surface area contributed by atoms with Crippen LogP contribution < -0.4 is 21.1 Å². The molecule has 0 unspecified atom stereocenters. The standard InChI is InChI=1S/C19H21N5O/c1-12-8-9-14(13(2)10-12)23-18-17(20)19(22-11-21-18)24-15-6-4-5-7-16(15)25-3/h4-11H,20H2,1-3H3,(H2,21,22,23,24). The van der Waals surface area contributed by atoms with Crippen LogP contribution >= 0.6 is 0 Å². The summed E-state index contributed by atoms with van der Waals surface area (Å²) in [6, 6.07) is 13.7. The summed E-state index contributed by atoms with van der Waals surface area (Å²) in [5.41, 5.74) is 10.8. The molecule has 2 aromatic carbocycles. The van der Waals surface area contributed by atoms with E-state index in [0.717, 1.165) is 16.9 Å². The van der Waals surface area contributed by atoms with E-state index in [4.69, 9.17) is 10.5 Å². The second kappa shape index (κ2) is 7.09. The zero-order valence-electron chi connectivity index (χ0n) is 14.5. The molecule has 0 spiro atoms. The van der Waals surface area contributed by atoms with Crippen molar-refractivity contribution in [2.45, 2.75) is 13.8 Å². The van der Waals surface area contributed by atoms with Gasteiger partial charge in [0.15, 0.2) is 11.6 Å². The number of nitrogens with two attached hydrogens (primary N) is 1. The second-order valence-electron chi connectivity index (χ2n) is 5.75. The van der Waals surface area contributed by atoms with Crippen LogP contribution in [-0.4, -0.2) is 17.1 Å².